The molecule has 0 radical (unpaired) electrons. The van der Waals surface area contributed by atoms with Gasteiger partial charge in [-0.25, -0.2) is 9.78 Å². The second kappa shape index (κ2) is 7.31. The van der Waals surface area contributed by atoms with E-state index in [1.54, 1.807) is 0 Å². The normalized spacial score (nSPS) is 11.7. The molecule has 1 heterocycles. The summed E-state index contributed by atoms with van der Waals surface area (Å²) in [6.07, 6.45) is 0.121. The number of amides is 1. The van der Waals surface area contributed by atoms with Gasteiger partial charge in [0.15, 0.2) is 0 Å². The van der Waals surface area contributed by atoms with Gasteiger partial charge in [0, 0.05) is 24.0 Å². The maximum Gasteiger partial charge on any atom is 0.407 e. The number of alkyl carbamates (subject to hydrolysis) is 1. The Kier molecular flexibility index (Phi) is 5.64. The fourth-order valence-electron chi connectivity index (χ4n) is 2.28. The Labute approximate surface area is 144 Å². The third kappa shape index (κ3) is 4.94. The molecule has 1 aromatic carbocycles. The minimum absolute atomic E-state index is 0.0357. The number of rotatable bonds is 5. The molecule has 126 valence electrons. The number of fused-ring (bicyclic) bond motifs is 1. The summed E-state index contributed by atoms with van der Waals surface area (Å²) in [6, 6.07) is 5.85. The zero-order valence-electron chi connectivity index (χ0n) is 13.6. The molecule has 6 nitrogen and oxygen atoms in total. The van der Waals surface area contributed by atoms with E-state index in [1.165, 1.54) is 0 Å². The molecule has 0 bridgehead atoms. The average molecular weight is 384 g/mol. The quantitative estimate of drug-likeness (QED) is 0.831. The fourth-order valence-corrected chi connectivity index (χ4v) is 2.63. The van der Waals surface area contributed by atoms with Gasteiger partial charge in [0.1, 0.15) is 11.4 Å². The first kappa shape index (κ1) is 17.7. The topological polar surface area (TPSA) is 76.4 Å². The molecular formula is C16H22BrN3O3. The lowest BCUT2D eigenvalue weighted by atomic mass is 10.2. The van der Waals surface area contributed by atoms with Crippen molar-refractivity contribution < 1.29 is 14.6 Å². The van der Waals surface area contributed by atoms with Crippen molar-refractivity contribution in [3.05, 3.63) is 28.5 Å². The summed E-state index contributed by atoms with van der Waals surface area (Å²) in [6.45, 7) is 6.40. The van der Waals surface area contributed by atoms with E-state index in [1.807, 2.05) is 43.5 Å². The molecule has 0 atom stereocenters. The van der Waals surface area contributed by atoms with Crippen LogP contribution in [-0.2, 0) is 17.7 Å². The number of benzene rings is 1. The van der Waals surface area contributed by atoms with Crippen molar-refractivity contribution in [3.8, 4) is 0 Å². The van der Waals surface area contributed by atoms with Gasteiger partial charge in [0.05, 0.1) is 17.6 Å². The summed E-state index contributed by atoms with van der Waals surface area (Å²) in [4.78, 5) is 16.3. The molecule has 7 heteroatoms. The van der Waals surface area contributed by atoms with Gasteiger partial charge < -0.3 is 19.7 Å². The number of nitrogens with one attached hydrogen (secondary N) is 1. The first-order chi connectivity index (χ1) is 10.8. The van der Waals surface area contributed by atoms with Crippen molar-refractivity contribution in [1.82, 2.24) is 14.9 Å². The van der Waals surface area contributed by atoms with Gasteiger partial charge in [-0.1, -0.05) is 15.9 Å². The first-order valence-electron chi connectivity index (χ1n) is 7.52. The molecule has 2 rings (SSSR count). The number of hydrogen-bond acceptors (Lipinski definition) is 4. The second-order valence-electron chi connectivity index (χ2n) is 6.21. The molecule has 0 saturated carbocycles. The van der Waals surface area contributed by atoms with E-state index in [9.17, 15) is 9.90 Å². The van der Waals surface area contributed by atoms with E-state index < -0.39 is 11.7 Å². The third-order valence-corrected chi connectivity index (χ3v) is 3.62. The number of ether oxygens (including phenoxy) is 1. The van der Waals surface area contributed by atoms with E-state index in [-0.39, 0.29) is 6.61 Å². The minimum atomic E-state index is -0.513. The Hall–Kier alpha value is -1.60. The van der Waals surface area contributed by atoms with E-state index in [4.69, 9.17) is 4.74 Å². The lowest BCUT2D eigenvalue weighted by Crippen LogP contribution is -2.33. The molecule has 0 aliphatic heterocycles. The lowest BCUT2D eigenvalue weighted by molar-refractivity contribution is 0.0528. The Morgan fingerprint density at radius 2 is 2.17 bits per heavy atom. The zero-order chi connectivity index (χ0) is 17.0. The van der Waals surface area contributed by atoms with Crippen LogP contribution in [0, 0.1) is 0 Å². The van der Waals surface area contributed by atoms with Crippen molar-refractivity contribution in [1.29, 1.82) is 0 Å². The Morgan fingerprint density at radius 1 is 1.43 bits per heavy atom. The van der Waals surface area contributed by atoms with Crippen LogP contribution in [0.1, 0.15) is 26.6 Å². The zero-order valence-corrected chi connectivity index (χ0v) is 15.2. The van der Waals surface area contributed by atoms with Gasteiger partial charge in [-0.05, 0) is 39.0 Å². The van der Waals surface area contributed by atoms with E-state index in [2.05, 4.69) is 26.2 Å². The maximum atomic E-state index is 11.7. The number of aliphatic hydroxyl groups is 1. The van der Waals surface area contributed by atoms with Gasteiger partial charge in [0.2, 0.25) is 0 Å². The summed E-state index contributed by atoms with van der Waals surface area (Å²) in [5, 5.41) is 12.0. The van der Waals surface area contributed by atoms with Crippen LogP contribution in [0.15, 0.2) is 22.7 Å². The Morgan fingerprint density at radius 3 is 2.83 bits per heavy atom. The Balaban J connectivity index is 2.07. The molecule has 23 heavy (non-hydrogen) atoms. The monoisotopic (exact) mass is 383 g/mol. The summed E-state index contributed by atoms with van der Waals surface area (Å²) >= 11 is 3.43. The molecule has 1 amide bonds. The number of halogens is 1. The van der Waals surface area contributed by atoms with Crippen molar-refractivity contribution in [2.24, 2.45) is 0 Å². The van der Waals surface area contributed by atoms with Crippen LogP contribution >= 0.6 is 15.9 Å². The summed E-state index contributed by atoms with van der Waals surface area (Å²) in [7, 11) is 0. The molecule has 1 aromatic heterocycles. The van der Waals surface area contributed by atoms with Gasteiger partial charge in [0.25, 0.3) is 0 Å². The van der Waals surface area contributed by atoms with Crippen molar-refractivity contribution in [2.75, 3.05) is 13.2 Å². The van der Waals surface area contributed by atoms with Crippen LogP contribution < -0.4 is 5.32 Å². The van der Waals surface area contributed by atoms with Crippen LogP contribution in [-0.4, -0.2) is 39.5 Å². The van der Waals surface area contributed by atoms with Crippen molar-refractivity contribution in [2.45, 2.75) is 39.3 Å². The van der Waals surface area contributed by atoms with E-state index in [0.717, 1.165) is 21.3 Å². The number of imidazole rings is 1. The number of aromatic nitrogens is 2. The predicted molar refractivity (Wildman–Crippen MR) is 92.5 cm³/mol. The minimum Gasteiger partial charge on any atom is -0.444 e. The van der Waals surface area contributed by atoms with E-state index in [0.29, 0.717) is 19.5 Å². The number of hydrogen-bond donors (Lipinski definition) is 2. The lowest BCUT2D eigenvalue weighted by Gasteiger charge is -2.19. The molecule has 2 aromatic rings. The SMILES string of the molecule is CC(C)(C)OC(=O)NCCc1nc2cc(Br)ccc2n1CCO. The largest absolute Gasteiger partial charge is 0.444 e. The molecule has 0 aliphatic carbocycles. The van der Waals surface area contributed by atoms with Crippen molar-refractivity contribution >= 4 is 33.1 Å². The molecule has 0 aliphatic rings. The summed E-state index contributed by atoms with van der Waals surface area (Å²) in [5.41, 5.74) is 1.31. The smallest absolute Gasteiger partial charge is 0.407 e. The van der Waals surface area contributed by atoms with Crippen molar-refractivity contribution in [3.63, 3.8) is 0 Å². The average Bonchev–Trinajstić information content (AvgIpc) is 2.74. The number of nitrogens with zero attached hydrogens (tertiary/aromatic N) is 2. The third-order valence-electron chi connectivity index (χ3n) is 3.13. The maximum absolute atomic E-state index is 11.7. The molecule has 0 saturated heterocycles. The molecular weight excluding hydrogens is 362 g/mol. The van der Waals surface area contributed by atoms with Crippen LogP contribution in [0.5, 0.6) is 0 Å². The second-order valence-corrected chi connectivity index (χ2v) is 7.13. The standard InChI is InChI=1S/C16H22BrN3O3/c1-16(2,3)23-15(22)18-7-6-14-19-12-10-11(17)4-5-13(12)20(14)8-9-21/h4-5,10,21H,6-9H2,1-3H3,(H,18,22). The molecule has 0 unspecified atom stereocenters. The van der Waals surface area contributed by atoms with E-state index >= 15 is 0 Å². The van der Waals surface area contributed by atoms with Gasteiger partial charge in [-0.2, -0.15) is 0 Å². The number of carbonyl (C=O) groups is 1. The number of carbonyl (C=O) groups excluding carboxylic acids is 1. The molecule has 0 spiro atoms. The van der Waals surface area contributed by atoms with Gasteiger partial charge in [-0.3, -0.25) is 0 Å². The van der Waals surface area contributed by atoms with Crippen LogP contribution in [0.25, 0.3) is 11.0 Å². The first-order valence-corrected chi connectivity index (χ1v) is 8.32. The molecule has 2 N–H and O–H groups in total. The predicted octanol–water partition coefficient (Wildman–Crippen LogP) is 2.86. The highest BCUT2D eigenvalue weighted by Crippen LogP contribution is 2.21. The summed E-state index contributed by atoms with van der Waals surface area (Å²) < 4.78 is 8.13. The fraction of sp³-hybridized carbons (Fsp3) is 0.500. The van der Waals surface area contributed by atoms with Gasteiger partial charge in [-0.15, -0.1) is 0 Å². The number of aliphatic hydroxyl groups excluding tert-OH is 1. The highest BCUT2D eigenvalue weighted by atomic mass is 79.9. The Bertz CT molecular complexity index is 692. The highest BCUT2D eigenvalue weighted by molar-refractivity contribution is 9.10. The van der Waals surface area contributed by atoms with Gasteiger partial charge >= 0.3 is 6.09 Å². The molecule has 0 fully saturated rings. The highest BCUT2D eigenvalue weighted by Gasteiger charge is 2.16. The van der Waals surface area contributed by atoms with Crippen LogP contribution in [0.4, 0.5) is 4.79 Å². The summed E-state index contributed by atoms with van der Waals surface area (Å²) in [5.74, 6) is 0.822. The van der Waals surface area contributed by atoms with Crippen LogP contribution in [0.3, 0.4) is 0 Å². The van der Waals surface area contributed by atoms with Crippen LogP contribution in [0.2, 0.25) is 0 Å².